The number of imide groups is 1. The van der Waals surface area contributed by atoms with Crippen molar-refractivity contribution in [3.05, 3.63) is 70.4 Å². The van der Waals surface area contributed by atoms with Crippen LogP contribution >= 0.6 is 0 Å². The number of nitriles is 3. The molecule has 0 radical (unpaired) electrons. The molecule has 0 bridgehead atoms. The smallest absolute Gasteiger partial charge is 0.268 e. The molecule has 1 aliphatic rings. The molecule has 2 amide bonds. The molecule has 0 unspecified atom stereocenters. The first-order valence-corrected chi connectivity index (χ1v) is 7.82. The summed E-state index contributed by atoms with van der Waals surface area (Å²) in [4.78, 5) is 26.9. The Bertz CT molecular complexity index is 1130. The maximum absolute atomic E-state index is 13.0. The van der Waals surface area contributed by atoms with Crippen LogP contribution in [0.5, 0.6) is 0 Å². The highest BCUT2D eigenvalue weighted by Crippen LogP contribution is 2.34. The maximum Gasteiger partial charge on any atom is 0.268 e. The van der Waals surface area contributed by atoms with Crippen molar-refractivity contribution in [2.45, 2.75) is 6.92 Å². The second-order valence-corrected chi connectivity index (χ2v) is 5.67. The van der Waals surface area contributed by atoms with E-state index in [2.05, 4.69) is 5.32 Å². The molecule has 2 aromatic rings. The van der Waals surface area contributed by atoms with Crippen LogP contribution in [0, 0.1) is 40.9 Å². The second-order valence-electron chi connectivity index (χ2n) is 5.67. The molecule has 2 aromatic carbocycles. The molecule has 0 saturated heterocycles. The number of anilines is 2. The normalized spacial score (nSPS) is 11.9. The lowest BCUT2D eigenvalue weighted by molar-refractivity contribution is 0.0926. The van der Waals surface area contributed by atoms with Gasteiger partial charge >= 0.3 is 0 Å². The Kier molecular flexibility index (Phi) is 4.41. The average Bonchev–Trinajstić information content (AvgIpc) is 2.94. The number of hydrogen-bond acceptors (Lipinski definition) is 6. The highest BCUT2D eigenvalue weighted by atomic mass is 16.2. The molecule has 1 aliphatic heterocycles. The van der Waals surface area contributed by atoms with E-state index in [9.17, 15) is 14.9 Å². The number of rotatable bonds is 3. The van der Waals surface area contributed by atoms with Crippen LogP contribution in [-0.2, 0) is 0 Å². The third-order valence-electron chi connectivity index (χ3n) is 4.12. The topological polar surface area (TPSA) is 121 Å². The summed E-state index contributed by atoms with van der Waals surface area (Å²) < 4.78 is 0. The van der Waals surface area contributed by atoms with Crippen molar-refractivity contribution in [1.82, 2.24) is 0 Å². The van der Waals surface area contributed by atoms with Gasteiger partial charge in [0.15, 0.2) is 5.57 Å². The number of fused-ring (bicyclic) bond motifs is 1. The molecule has 0 aromatic heterocycles. The Morgan fingerprint density at radius 3 is 2.26 bits per heavy atom. The number of allylic oxidation sites excluding steroid dienone is 2. The van der Waals surface area contributed by atoms with Gasteiger partial charge in [-0.1, -0.05) is 24.3 Å². The van der Waals surface area contributed by atoms with Crippen LogP contribution in [0.3, 0.4) is 0 Å². The monoisotopic (exact) mass is 353 g/mol. The van der Waals surface area contributed by atoms with Crippen LogP contribution < -0.4 is 10.2 Å². The molecule has 3 rings (SSSR count). The maximum atomic E-state index is 13.0. The number of carbonyl (C=O) groups excluding carboxylic acids is 2. The Balaban J connectivity index is 2.12. The molecule has 1 heterocycles. The van der Waals surface area contributed by atoms with Crippen molar-refractivity contribution in [1.29, 1.82) is 15.8 Å². The third-order valence-corrected chi connectivity index (χ3v) is 4.12. The molecule has 0 aliphatic carbocycles. The van der Waals surface area contributed by atoms with Gasteiger partial charge in [0, 0.05) is 0 Å². The Morgan fingerprint density at radius 2 is 1.63 bits per heavy atom. The second kappa shape index (κ2) is 6.84. The van der Waals surface area contributed by atoms with Gasteiger partial charge in [0.1, 0.15) is 23.9 Å². The molecule has 0 fully saturated rings. The van der Waals surface area contributed by atoms with E-state index >= 15 is 0 Å². The van der Waals surface area contributed by atoms with E-state index in [-0.39, 0.29) is 22.5 Å². The number of benzene rings is 2. The third kappa shape index (κ3) is 2.78. The molecule has 27 heavy (non-hydrogen) atoms. The van der Waals surface area contributed by atoms with Crippen LogP contribution in [0.4, 0.5) is 11.4 Å². The summed E-state index contributed by atoms with van der Waals surface area (Å²) in [6.45, 7) is 1.79. The summed E-state index contributed by atoms with van der Waals surface area (Å²) in [5.74, 6) is -1.02. The van der Waals surface area contributed by atoms with E-state index in [0.29, 0.717) is 5.69 Å². The highest BCUT2D eigenvalue weighted by Gasteiger charge is 2.39. The summed E-state index contributed by atoms with van der Waals surface area (Å²) in [7, 11) is 0. The lowest BCUT2D eigenvalue weighted by Gasteiger charge is -2.16. The number of carbonyl (C=O) groups is 2. The van der Waals surface area contributed by atoms with Gasteiger partial charge in [-0.05, 0) is 30.7 Å². The van der Waals surface area contributed by atoms with Crippen molar-refractivity contribution in [3.63, 3.8) is 0 Å². The van der Waals surface area contributed by atoms with Crippen LogP contribution in [0.25, 0.3) is 0 Å². The fourth-order valence-electron chi connectivity index (χ4n) is 2.84. The van der Waals surface area contributed by atoms with E-state index < -0.39 is 17.4 Å². The van der Waals surface area contributed by atoms with Crippen LogP contribution in [-0.4, -0.2) is 11.8 Å². The van der Waals surface area contributed by atoms with Crippen molar-refractivity contribution in [3.8, 4) is 18.2 Å². The summed E-state index contributed by atoms with van der Waals surface area (Å²) in [6.07, 6.45) is 0. The molecule has 7 heteroatoms. The zero-order valence-electron chi connectivity index (χ0n) is 14.1. The van der Waals surface area contributed by atoms with E-state index in [1.807, 2.05) is 0 Å². The lowest BCUT2D eigenvalue weighted by Crippen LogP contribution is -2.30. The Hall–Kier alpha value is -4.41. The molecular formula is C20H11N5O2. The molecular weight excluding hydrogens is 342 g/mol. The van der Waals surface area contributed by atoms with Gasteiger partial charge in [-0.15, -0.1) is 0 Å². The van der Waals surface area contributed by atoms with E-state index in [1.165, 1.54) is 12.1 Å². The Labute approximate surface area is 155 Å². The molecule has 0 saturated carbocycles. The average molecular weight is 353 g/mol. The molecule has 0 spiro atoms. The fraction of sp³-hybridized carbons (Fsp3) is 0.0500. The number of nitrogens with zero attached hydrogens (tertiary/aromatic N) is 4. The first-order chi connectivity index (χ1) is 13.0. The zero-order chi connectivity index (χ0) is 19.6. The summed E-state index contributed by atoms with van der Waals surface area (Å²) in [5, 5.41) is 29.8. The van der Waals surface area contributed by atoms with Gasteiger partial charge < -0.3 is 5.32 Å². The van der Waals surface area contributed by atoms with Crippen molar-refractivity contribution in [2.75, 3.05) is 10.2 Å². The minimum absolute atomic E-state index is 0.0914. The number of nitrogens with one attached hydrogen (secondary N) is 1. The minimum Gasteiger partial charge on any atom is -0.344 e. The van der Waals surface area contributed by atoms with Crippen molar-refractivity contribution >= 4 is 23.2 Å². The SMILES string of the molecule is Cc1ccccc1N1C(=O)c2cccc(NC(C#N)=C(C#N)C#N)c2C1=O. The first-order valence-electron chi connectivity index (χ1n) is 7.82. The van der Waals surface area contributed by atoms with Gasteiger partial charge in [-0.25, -0.2) is 4.90 Å². The first kappa shape index (κ1) is 17.4. The van der Waals surface area contributed by atoms with Gasteiger partial charge in [0.25, 0.3) is 11.8 Å². The van der Waals surface area contributed by atoms with Crippen molar-refractivity contribution < 1.29 is 9.59 Å². The zero-order valence-corrected chi connectivity index (χ0v) is 14.1. The number of hydrogen-bond donors (Lipinski definition) is 1. The van der Waals surface area contributed by atoms with Gasteiger partial charge in [0.2, 0.25) is 0 Å². The summed E-state index contributed by atoms with van der Waals surface area (Å²) >= 11 is 0. The lowest BCUT2D eigenvalue weighted by atomic mass is 10.1. The Morgan fingerprint density at radius 1 is 0.926 bits per heavy atom. The molecule has 1 N–H and O–H groups in total. The van der Waals surface area contributed by atoms with E-state index in [0.717, 1.165) is 10.5 Å². The predicted octanol–water partition coefficient (Wildman–Crippen LogP) is 3.03. The molecule has 128 valence electrons. The van der Waals surface area contributed by atoms with Crippen LogP contribution in [0.1, 0.15) is 26.3 Å². The quantitative estimate of drug-likeness (QED) is 0.669. The largest absolute Gasteiger partial charge is 0.344 e. The number of aryl methyl sites for hydroxylation is 1. The standard InChI is InChI=1S/C20H11N5O2/c1-12-5-2-3-8-17(12)25-19(26)14-6-4-7-15(18(14)20(25)27)24-16(11-23)13(9-21)10-22/h2-8,24H,1H3. The van der Waals surface area contributed by atoms with Gasteiger partial charge in [0.05, 0.1) is 22.5 Å². The van der Waals surface area contributed by atoms with Gasteiger partial charge in [-0.3, -0.25) is 9.59 Å². The predicted molar refractivity (Wildman–Crippen MR) is 96.2 cm³/mol. The van der Waals surface area contributed by atoms with E-state index in [4.69, 9.17) is 10.5 Å². The van der Waals surface area contributed by atoms with Gasteiger partial charge in [-0.2, -0.15) is 15.8 Å². The highest BCUT2D eigenvalue weighted by molar-refractivity contribution is 6.36. The van der Waals surface area contributed by atoms with Crippen LogP contribution in [0.2, 0.25) is 0 Å². The van der Waals surface area contributed by atoms with Crippen LogP contribution in [0.15, 0.2) is 53.7 Å². The van der Waals surface area contributed by atoms with Crippen molar-refractivity contribution in [2.24, 2.45) is 0 Å². The molecule has 0 atom stereocenters. The number of para-hydroxylation sites is 1. The summed E-state index contributed by atoms with van der Waals surface area (Å²) in [6, 6.07) is 16.6. The minimum atomic E-state index is -0.542. The van der Waals surface area contributed by atoms with E-state index in [1.54, 1.807) is 55.5 Å². The fourth-order valence-corrected chi connectivity index (χ4v) is 2.84. The summed E-state index contributed by atoms with van der Waals surface area (Å²) in [5.41, 5.74) is 0.984. The molecule has 7 nitrogen and oxygen atoms in total. The number of amides is 2.